The zero-order valence-corrected chi connectivity index (χ0v) is 18.0. The number of aliphatic carboxylic acids is 1. The molecule has 0 aliphatic carbocycles. The molecular formula is C24H29NO5. The van der Waals surface area contributed by atoms with E-state index in [0.29, 0.717) is 36.8 Å². The number of carbonyl (C=O) groups is 2. The summed E-state index contributed by atoms with van der Waals surface area (Å²) in [5.74, 6) is -0.339. The van der Waals surface area contributed by atoms with Gasteiger partial charge in [0.15, 0.2) is 18.1 Å². The van der Waals surface area contributed by atoms with Crippen LogP contribution in [-0.4, -0.2) is 41.6 Å². The Balaban J connectivity index is 2.26. The van der Waals surface area contributed by atoms with Crippen LogP contribution in [-0.2, 0) is 16.2 Å². The summed E-state index contributed by atoms with van der Waals surface area (Å²) >= 11 is 0. The highest BCUT2D eigenvalue weighted by Gasteiger charge is 2.13. The van der Waals surface area contributed by atoms with E-state index in [1.54, 1.807) is 30.0 Å². The first-order valence-electron chi connectivity index (χ1n) is 9.99. The summed E-state index contributed by atoms with van der Waals surface area (Å²) in [5, 5.41) is 8.98. The van der Waals surface area contributed by atoms with Crippen molar-refractivity contribution < 1.29 is 24.2 Å². The van der Waals surface area contributed by atoms with Crippen LogP contribution in [0.1, 0.15) is 37.5 Å². The van der Waals surface area contributed by atoms with Crippen LogP contribution in [0.2, 0.25) is 0 Å². The summed E-state index contributed by atoms with van der Waals surface area (Å²) in [5.41, 5.74) is 3.47. The van der Waals surface area contributed by atoms with E-state index in [4.69, 9.17) is 14.6 Å². The van der Waals surface area contributed by atoms with Gasteiger partial charge in [0.2, 0.25) is 5.91 Å². The second-order valence-electron chi connectivity index (χ2n) is 6.91. The number of carboxylic acid groups (broad SMARTS) is 1. The van der Waals surface area contributed by atoms with Crippen molar-refractivity contribution >= 4 is 18.0 Å². The molecule has 6 heteroatoms. The molecule has 0 fully saturated rings. The van der Waals surface area contributed by atoms with E-state index >= 15 is 0 Å². The summed E-state index contributed by atoms with van der Waals surface area (Å²) in [7, 11) is 0. The van der Waals surface area contributed by atoms with E-state index < -0.39 is 12.6 Å². The number of nitrogens with zero attached hydrogens (tertiary/aromatic N) is 1. The Hall–Kier alpha value is -3.28. The van der Waals surface area contributed by atoms with Gasteiger partial charge in [0.05, 0.1) is 0 Å². The maximum absolute atomic E-state index is 12.5. The molecule has 2 aromatic rings. The van der Waals surface area contributed by atoms with E-state index in [2.05, 4.69) is 0 Å². The first-order valence-corrected chi connectivity index (χ1v) is 9.99. The molecule has 1 N–H and O–H groups in total. The molecule has 0 aliphatic rings. The lowest BCUT2D eigenvalue weighted by Crippen LogP contribution is -2.30. The number of carbonyl (C=O) groups excluding carboxylic acids is 1. The van der Waals surface area contributed by atoms with Crippen molar-refractivity contribution in [2.45, 2.75) is 34.3 Å². The smallest absolute Gasteiger partial charge is 0.341 e. The average Bonchev–Trinajstić information content (AvgIpc) is 2.73. The number of rotatable bonds is 10. The fourth-order valence-corrected chi connectivity index (χ4v) is 2.99. The SMILES string of the molecule is CCN(CC)C(=O)/C(C)=C\c1ccc(OCc2ccccc2C)c(OCC(=O)O)c1. The van der Waals surface area contributed by atoms with Gasteiger partial charge in [0.1, 0.15) is 6.61 Å². The monoisotopic (exact) mass is 411 g/mol. The third-order valence-electron chi connectivity index (χ3n) is 4.73. The van der Waals surface area contributed by atoms with Crippen molar-refractivity contribution in [2.75, 3.05) is 19.7 Å². The first-order chi connectivity index (χ1) is 14.3. The van der Waals surface area contributed by atoms with E-state index in [-0.39, 0.29) is 5.91 Å². The summed E-state index contributed by atoms with van der Waals surface area (Å²) in [6, 6.07) is 13.1. The first kappa shape index (κ1) is 23.0. The zero-order valence-electron chi connectivity index (χ0n) is 18.0. The Morgan fingerprint density at radius 2 is 1.73 bits per heavy atom. The Morgan fingerprint density at radius 1 is 1.03 bits per heavy atom. The van der Waals surface area contributed by atoms with Gasteiger partial charge in [-0.15, -0.1) is 0 Å². The minimum Gasteiger partial charge on any atom is -0.485 e. The molecule has 0 aliphatic heterocycles. The Bertz CT molecular complexity index is 916. The largest absolute Gasteiger partial charge is 0.485 e. The normalized spacial score (nSPS) is 11.1. The summed E-state index contributed by atoms with van der Waals surface area (Å²) < 4.78 is 11.3. The van der Waals surface area contributed by atoms with Gasteiger partial charge in [-0.1, -0.05) is 30.3 Å². The number of hydrogen-bond donors (Lipinski definition) is 1. The third-order valence-corrected chi connectivity index (χ3v) is 4.73. The molecule has 0 saturated carbocycles. The number of hydrogen-bond acceptors (Lipinski definition) is 4. The molecule has 0 spiro atoms. The second kappa shape index (κ2) is 11.0. The maximum atomic E-state index is 12.5. The topological polar surface area (TPSA) is 76.1 Å². The van der Waals surface area contributed by atoms with Gasteiger partial charge in [-0.05, 0) is 62.6 Å². The lowest BCUT2D eigenvalue weighted by atomic mass is 10.1. The van der Waals surface area contributed by atoms with Crippen LogP contribution < -0.4 is 9.47 Å². The predicted molar refractivity (Wildman–Crippen MR) is 117 cm³/mol. The molecule has 160 valence electrons. The van der Waals surface area contributed by atoms with Gasteiger partial charge in [0.25, 0.3) is 0 Å². The van der Waals surface area contributed by atoms with Gasteiger partial charge < -0.3 is 19.5 Å². The molecule has 6 nitrogen and oxygen atoms in total. The number of ether oxygens (including phenoxy) is 2. The van der Waals surface area contributed by atoms with E-state index in [1.807, 2.05) is 51.1 Å². The van der Waals surface area contributed by atoms with Crippen molar-refractivity contribution in [3.63, 3.8) is 0 Å². The van der Waals surface area contributed by atoms with Gasteiger partial charge >= 0.3 is 5.97 Å². The Morgan fingerprint density at radius 3 is 2.37 bits per heavy atom. The molecule has 2 aromatic carbocycles. The molecule has 0 unspecified atom stereocenters. The van der Waals surface area contributed by atoms with Crippen LogP contribution in [0.25, 0.3) is 6.08 Å². The number of amides is 1. The summed E-state index contributed by atoms with van der Waals surface area (Å²) in [4.78, 5) is 25.2. The molecule has 1 amide bonds. The molecule has 0 heterocycles. The summed E-state index contributed by atoms with van der Waals surface area (Å²) in [6.45, 7) is 8.78. The molecule has 0 aromatic heterocycles. The minimum absolute atomic E-state index is 0.0344. The number of aryl methyl sites for hydroxylation is 1. The fourth-order valence-electron chi connectivity index (χ4n) is 2.99. The van der Waals surface area contributed by atoms with Gasteiger partial charge in [-0.3, -0.25) is 4.79 Å². The Labute approximate surface area is 177 Å². The lowest BCUT2D eigenvalue weighted by molar-refractivity contribution is -0.139. The lowest BCUT2D eigenvalue weighted by Gasteiger charge is -2.19. The molecular weight excluding hydrogens is 382 g/mol. The molecule has 30 heavy (non-hydrogen) atoms. The number of likely N-dealkylation sites (N-methyl/N-ethyl adjacent to an activating group) is 1. The van der Waals surface area contributed by atoms with Gasteiger partial charge in [0, 0.05) is 18.7 Å². The van der Waals surface area contributed by atoms with Gasteiger partial charge in [-0.25, -0.2) is 4.79 Å². The van der Waals surface area contributed by atoms with Crippen LogP contribution in [0, 0.1) is 6.92 Å². The fraction of sp³-hybridized carbons (Fsp3) is 0.333. The van der Waals surface area contributed by atoms with Crippen molar-refractivity contribution in [3.05, 3.63) is 64.7 Å². The highest BCUT2D eigenvalue weighted by atomic mass is 16.5. The second-order valence-corrected chi connectivity index (χ2v) is 6.91. The van der Waals surface area contributed by atoms with Crippen LogP contribution in [0.5, 0.6) is 11.5 Å². The third kappa shape index (κ3) is 6.37. The van der Waals surface area contributed by atoms with E-state index in [0.717, 1.165) is 16.7 Å². The highest BCUT2D eigenvalue weighted by Crippen LogP contribution is 2.30. The van der Waals surface area contributed by atoms with Gasteiger partial charge in [-0.2, -0.15) is 0 Å². The average molecular weight is 411 g/mol. The van der Waals surface area contributed by atoms with Crippen molar-refractivity contribution in [3.8, 4) is 11.5 Å². The maximum Gasteiger partial charge on any atom is 0.341 e. The molecule has 0 saturated heterocycles. The molecule has 2 rings (SSSR count). The van der Waals surface area contributed by atoms with E-state index in [1.165, 1.54) is 0 Å². The zero-order chi connectivity index (χ0) is 22.1. The standard InChI is InChI=1S/C24H29NO5/c1-5-25(6-2)24(28)18(4)13-19-11-12-21(22(14-19)30-16-23(26)27)29-15-20-10-8-7-9-17(20)3/h7-14H,5-6,15-16H2,1-4H3,(H,26,27)/b18-13-. The van der Waals surface area contributed by atoms with E-state index in [9.17, 15) is 9.59 Å². The highest BCUT2D eigenvalue weighted by molar-refractivity contribution is 5.97. The van der Waals surface area contributed by atoms with Crippen LogP contribution in [0.4, 0.5) is 0 Å². The predicted octanol–water partition coefficient (Wildman–Crippen LogP) is 4.31. The quantitative estimate of drug-likeness (QED) is 0.590. The van der Waals surface area contributed by atoms with Crippen molar-refractivity contribution in [1.82, 2.24) is 4.90 Å². The molecule has 0 atom stereocenters. The van der Waals surface area contributed by atoms with Crippen molar-refractivity contribution in [1.29, 1.82) is 0 Å². The van der Waals surface area contributed by atoms with Crippen LogP contribution >= 0.6 is 0 Å². The van der Waals surface area contributed by atoms with Crippen molar-refractivity contribution in [2.24, 2.45) is 0 Å². The minimum atomic E-state index is -1.08. The molecule has 0 radical (unpaired) electrons. The van der Waals surface area contributed by atoms with Crippen LogP contribution in [0.15, 0.2) is 48.0 Å². The number of benzene rings is 2. The Kier molecular flexibility index (Phi) is 8.47. The number of carboxylic acids is 1. The summed E-state index contributed by atoms with van der Waals surface area (Å²) in [6.07, 6.45) is 1.76. The van der Waals surface area contributed by atoms with Crippen LogP contribution in [0.3, 0.4) is 0 Å². The molecule has 0 bridgehead atoms.